The first-order valence-electron chi connectivity index (χ1n) is 2.72. The molecule has 0 aromatic heterocycles. The highest BCUT2D eigenvalue weighted by atomic mass is 33.0. The SMILES string of the molecule is PPP(P)[B]P(P(P)P)P(P)P. The summed E-state index contributed by atoms with van der Waals surface area (Å²) in [6.45, 7) is 2.77. The maximum absolute atomic E-state index is 2.97. The second-order valence-corrected chi connectivity index (χ2v) is 35.5. The molecule has 0 aliphatic carbocycles. The highest BCUT2D eigenvalue weighted by molar-refractivity contribution is 9.05. The molecule has 12 heteroatoms. The third kappa shape index (κ3) is 7.97. The molecule has 0 saturated carbocycles. The average Bonchev–Trinajstić information content (AvgIpc) is 1.98. The molecule has 0 spiro atoms. The van der Waals surface area contributed by atoms with Crippen LogP contribution in [0.4, 0.5) is 0 Å². The Morgan fingerprint density at radius 3 is 1.58 bits per heavy atom. The first-order valence-corrected chi connectivity index (χ1v) is 21.4. The summed E-state index contributed by atoms with van der Waals surface area (Å²) < 4.78 is 0. The molecular formula is H13BP11. The Kier molecular flexibility index (Phi) is 13.7. The van der Waals surface area contributed by atoms with Gasteiger partial charge in [0, 0.05) is 0 Å². The van der Waals surface area contributed by atoms with Gasteiger partial charge in [-0.25, -0.2) is 0 Å². The minimum absolute atomic E-state index is 0.0862. The Morgan fingerprint density at radius 2 is 1.33 bits per heavy atom. The lowest BCUT2D eigenvalue weighted by Crippen LogP contribution is -1.68. The van der Waals surface area contributed by atoms with Crippen molar-refractivity contribution in [2.24, 2.45) is 0 Å². The van der Waals surface area contributed by atoms with E-state index >= 15 is 0 Å². The largest absolute Gasteiger partial charge is 0.205 e. The molecule has 1 radical (unpaired) electrons. The normalized spacial score (nSPS) is 15.4. The van der Waals surface area contributed by atoms with Gasteiger partial charge in [-0.05, 0) is 14.0 Å². The fourth-order valence-electron chi connectivity index (χ4n) is 0.383. The van der Waals surface area contributed by atoms with Gasteiger partial charge in [0.1, 0.15) is 0 Å². The van der Waals surface area contributed by atoms with Gasteiger partial charge in [0.05, 0.1) is 0 Å². The summed E-state index contributed by atoms with van der Waals surface area (Å²) in [6, 6.07) is 0. The van der Waals surface area contributed by atoms with Gasteiger partial charge >= 0.3 is 0 Å². The minimum atomic E-state index is 0.0862. The molecule has 0 amide bonds. The van der Waals surface area contributed by atoms with Gasteiger partial charge < -0.3 is 0 Å². The molecule has 0 aliphatic heterocycles. The summed E-state index contributed by atoms with van der Waals surface area (Å²) in [6.07, 6.45) is 0. The van der Waals surface area contributed by atoms with Gasteiger partial charge in [-0.15, -0.1) is 53.6 Å². The summed E-state index contributed by atoms with van der Waals surface area (Å²) in [5.74, 6) is 0. The minimum Gasteiger partial charge on any atom is -0.116 e. The third-order valence-corrected chi connectivity index (χ3v) is 38.1. The van der Waals surface area contributed by atoms with Crippen LogP contribution in [0.15, 0.2) is 0 Å². The molecular weight excluding hydrogens is 352 g/mol. The Balaban J connectivity index is 3.95. The van der Waals surface area contributed by atoms with Crippen LogP contribution in [0, 0.1) is 0 Å². The van der Waals surface area contributed by atoms with Gasteiger partial charge in [-0.1, -0.05) is 22.3 Å². The molecule has 0 N–H and O–H groups in total. The van der Waals surface area contributed by atoms with E-state index in [4.69, 9.17) is 0 Å². The molecule has 0 nitrogen and oxygen atoms in total. The van der Waals surface area contributed by atoms with E-state index in [1.54, 1.807) is 0 Å². The number of rotatable bonds is 5. The first kappa shape index (κ1) is 16.8. The standard InChI is InChI=1S/BH13P11/c2-8-9(3)1-10(11(4)5)12(6)7/h8H,2-7H2. The van der Waals surface area contributed by atoms with Gasteiger partial charge in [0.2, 0.25) is 6.72 Å². The summed E-state index contributed by atoms with van der Waals surface area (Å²) in [7, 11) is 18.9. The van der Waals surface area contributed by atoms with Crippen LogP contribution in [0.2, 0.25) is 0 Å². The van der Waals surface area contributed by atoms with Crippen molar-refractivity contribution < 1.29 is 0 Å². The second kappa shape index (κ2) is 9.79. The average molecular weight is 365 g/mol. The van der Waals surface area contributed by atoms with E-state index < -0.39 is 0 Å². The Morgan fingerprint density at radius 1 is 0.917 bits per heavy atom. The quantitative estimate of drug-likeness (QED) is 0.439. The molecule has 12 heavy (non-hydrogen) atoms. The molecule has 0 rings (SSSR count). The van der Waals surface area contributed by atoms with E-state index in [0.717, 1.165) is 7.96 Å². The molecule has 0 saturated heterocycles. The monoisotopic (exact) mass is 365 g/mol. The fourth-order valence-corrected chi connectivity index (χ4v) is 50.4. The predicted octanol–water partition coefficient (Wildman–Crippen LogP) is 5.61. The highest BCUT2D eigenvalue weighted by Crippen LogP contribution is 2.99. The van der Waals surface area contributed by atoms with Crippen LogP contribution >= 0.6 is 89.9 Å². The van der Waals surface area contributed by atoms with Crippen molar-refractivity contribution in [2.75, 3.05) is 0 Å². The van der Waals surface area contributed by atoms with E-state index in [2.05, 4.69) is 60.3 Å². The van der Waals surface area contributed by atoms with Crippen molar-refractivity contribution in [3.63, 3.8) is 0 Å². The van der Waals surface area contributed by atoms with Crippen molar-refractivity contribution >= 4 is 96.6 Å². The van der Waals surface area contributed by atoms with Gasteiger partial charge in [0.25, 0.3) is 0 Å². The maximum atomic E-state index is 2.97. The molecule has 8 atom stereocenters. The van der Waals surface area contributed by atoms with Crippen LogP contribution < -0.4 is 0 Å². The maximum Gasteiger partial charge on any atom is 0.205 e. The van der Waals surface area contributed by atoms with E-state index in [-0.39, 0.29) is 28.3 Å². The van der Waals surface area contributed by atoms with E-state index in [9.17, 15) is 0 Å². The van der Waals surface area contributed by atoms with Gasteiger partial charge in [-0.2, -0.15) is 0 Å². The van der Waals surface area contributed by atoms with Crippen LogP contribution in [0.1, 0.15) is 0 Å². The van der Waals surface area contributed by atoms with E-state index in [1.165, 1.54) is 0 Å². The second-order valence-electron chi connectivity index (χ2n) is 1.73. The molecule has 0 aliphatic rings. The topological polar surface area (TPSA) is 0 Å². The van der Waals surface area contributed by atoms with Crippen molar-refractivity contribution in [2.45, 2.75) is 0 Å². The fraction of sp³-hybridized carbons (Fsp3) is 0. The molecule has 8 unspecified atom stereocenters. The van der Waals surface area contributed by atoms with Crippen LogP contribution in [0.5, 0.6) is 0 Å². The van der Waals surface area contributed by atoms with Crippen LogP contribution in [-0.4, -0.2) is 6.72 Å². The smallest absolute Gasteiger partial charge is 0.116 e. The van der Waals surface area contributed by atoms with Crippen LogP contribution in [-0.2, 0) is 0 Å². The Labute approximate surface area is 96.2 Å². The highest BCUT2D eigenvalue weighted by Gasteiger charge is 2.20. The Bertz CT molecular complexity index is 99.6. The predicted molar refractivity (Wildman–Crippen MR) is 100 cm³/mol. The zero-order chi connectivity index (χ0) is 9.72. The molecule has 0 bridgehead atoms. The molecule has 0 fully saturated rings. The van der Waals surface area contributed by atoms with Crippen LogP contribution in [0.25, 0.3) is 0 Å². The summed E-state index contributed by atoms with van der Waals surface area (Å²) >= 11 is 0. The van der Waals surface area contributed by atoms with Crippen molar-refractivity contribution in [3.05, 3.63) is 0 Å². The van der Waals surface area contributed by atoms with Gasteiger partial charge in [0.15, 0.2) is 0 Å². The molecule has 71 valence electrons. The lowest BCUT2D eigenvalue weighted by atomic mass is 10.7. The van der Waals surface area contributed by atoms with E-state index in [1.807, 2.05) is 0 Å². The lowest BCUT2D eigenvalue weighted by Gasteiger charge is -2.26. The van der Waals surface area contributed by atoms with Crippen molar-refractivity contribution in [1.29, 1.82) is 0 Å². The zero-order valence-electron chi connectivity index (χ0n) is 6.33. The third-order valence-electron chi connectivity index (χ3n) is 0.850. The van der Waals surface area contributed by atoms with E-state index in [0.29, 0.717) is 0 Å². The first-order chi connectivity index (χ1) is 5.49. The molecule has 0 aromatic rings. The lowest BCUT2D eigenvalue weighted by molar-refractivity contribution is 4.41. The Hall–Kier alpha value is 4.79. The zero-order valence-corrected chi connectivity index (χ0v) is 17.8. The van der Waals surface area contributed by atoms with Crippen LogP contribution in [0.3, 0.4) is 0 Å². The van der Waals surface area contributed by atoms with Crippen molar-refractivity contribution in [3.8, 4) is 0 Å². The number of hydrogen-bond donors (Lipinski definition) is 0. The summed E-state index contributed by atoms with van der Waals surface area (Å²) in [5.41, 5.74) is 0. The summed E-state index contributed by atoms with van der Waals surface area (Å²) in [5, 5.41) is 0. The van der Waals surface area contributed by atoms with Gasteiger partial charge in [-0.3, -0.25) is 0 Å². The number of hydrogen-bond acceptors (Lipinski definition) is 0. The van der Waals surface area contributed by atoms with Crippen molar-refractivity contribution in [1.82, 2.24) is 0 Å². The molecule has 0 aromatic carbocycles. The molecule has 0 heterocycles. The summed E-state index contributed by atoms with van der Waals surface area (Å²) in [4.78, 5) is 0.